The van der Waals surface area contributed by atoms with E-state index in [1.807, 2.05) is 24.3 Å². The lowest BCUT2D eigenvalue weighted by atomic mass is 10.1. The van der Waals surface area contributed by atoms with Crippen LogP contribution in [0.4, 0.5) is 15.8 Å². The molecule has 0 aliphatic rings. The van der Waals surface area contributed by atoms with Gasteiger partial charge in [0.15, 0.2) is 10.9 Å². The first kappa shape index (κ1) is 14.8. The predicted octanol–water partition coefficient (Wildman–Crippen LogP) is 4.85. The molecular formula is C15H14ClFN2S. The number of benzene rings is 2. The molecule has 0 saturated carbocycles. The predicted molar refractivity (Wildman–Crippen MR) is 87.1 cm³/mol. The summed E-state index contributed by atoms with van der Waals surface area (Å²) in [6.45, 7) is 2.09. The van der Waals surface area contributed by atoms with Gasteiger partial charge in [-0.2, -0.15) is 0 Å². The fourth-order valence-electron chi connectivity index (χ4n) is 1.71. The highest BCUT2D eigenvalue weighted by molar-refractivity contribution is 7.80. The van der Waals surface area contributed by atoms with Gasteiger partial charge in [-0.05, 0) is 48.5 Å². The van der Waals surface area contributed by atoms with Crippen molar-refractivity contribution in [2.24, 2.45) is 0 Å². The van der Waals surface area contributed by atoms with Gasteiger partial charge in [0.25, 0.3) is 0 Å². The van der Waals surface area contributed by atoms with E-state index >= 15 is 0 Å². The lowest BCUT2D eigenvalue weighted by Crippen LogP contribution is -2.19. The summed E-state index contributed by atoms with van der Waals surface area (Å²) >= 11 is 10.9. The Labute approximate surface area is 128 Å². The Morgan fingerprint density at radius 3 is 2.50 bits per heavy atom. The Morgan fingerprint density at radius 1 is 1.15 bits per heavy atom. The second-order valence-electron chi connectivity index (χ2n) is 4.23. The molecule has 20 heavy (non-hydrogen) atoms. The van der Waals surface area contributed by atoms with Gasteiger partial charge < -0.3 is 10.6 Å². The van der Waals surface area contributed by atoms with Crippen LogP contribution in [0.1, 0.15) is 12.5 Å². The third kappa shape index (κ3) is 3.68. The van der Waals surface area contributed by atoms with Crippen LogP contribution in [0.5, 0.6) is 0 Å². The Hall–Kier alpha value is -1.65. The van der Waals surface area contributed by atoms with E-state index in [2.05, 4.69) is 17.6 Å². The van der Waals surface area contributed by atoms with Crippen LogP contribution in [0.25, 0.3) is 0 Å². The number of thiocarbonyl (C=S) groups is 1. The quantitative estimate of drug-likeness (QED) is 0.793. The molecule has 2 rings (SSSR count). The van der Waals surface area contributed by atoms with E-state index in [0.29, 0.717) is 5.11 Å². The molecule has 5 heteroatoms. The third-order valence-electron chi connectivity index (χ3n) is 2.82. The average molecular weight is 309 g/mol. The molecule has 104 valence electrons. The van der Waals surface area contributed by atoms with Crippen molar-refractivity contribution in [3.63, 3.8) is 0 Å². The van der Waals surface area contributed by atoms with Crippen LogP contribution < -0.4 is 10.6 Å². The molecule has 0 bridgehead atoms. The van der Waals surface area contributed by atoms with E-state index in [0.717, 1.165) is 12.1 Å². The molecule has 0 saturated heterocycles. The maximum atomic E-state index is 13.7. The number of rotatable bonds is 3. The van der Waals surface area contributed by atoms with Gasteiger partial charge in [-0.3, -0.25) is 0 Å². The van der Waals surface area contributed by atoms with Crippen molar-refractivity contribution in [1.82, 2.24) is 0 Å². The molecule has 2 aromatic carbocycles. The summed E-state index contributed by atoms with van der Waals surface area (Å²) in [5, 5.41) is 6.16. The van der Waals surface area contributed by atoms with Gasteiger partial charge in [0.1, 0.15) is 0 Å². The molecular weight excluding hydrogens is 295 g/mol. The Balaban J connectivity index is 2.03. The van der Waals surface area contributed by atoms with Crippen molar-refractivity contribution in [3.8, 4) is 0 Å². The normalized spacial score (nSPS) is 10.2. The van der Waals surface area contributed by atoms with Crippen LogP contribution in [0, 0.1) is 5.82 Å². The first-order chi connectivity index (χ1) is 9.60. The molecule has 2 nitrogen and oxygen atoms in total. The van der Waals surface area contributed by atoms with Crippen molar-refractivity contribution in [2.45, 2.75) is 13.3 Å². The second-order valence-corrected chi connectivity index (χ2v) is 5.05. The van der Waals surface area contributed by atoms with E-state index in [4.69, 9.17) is 23.8 Å². The first-order valence-corrected chi connectivity index (χ1v) is 6.99. The summed E-state index contributed by atoms with van der Waals surface area (Å²) in [6.07, 6.45) is 0.983. The molecule has 0 atom stereocenters. The number of anilines is 2. The summed E-state index contributed by atoms with van der Waals surface area (Å²) in [5.74, 6) is -0.514. The highest BCUT2D eigenvalue weighted by Gasteiger charge is 2.07. The van der Waals surface area contributed by atoms with Crippen LogP contribution in [-0.2, 0) is 6.42 Å². The van der Waals surface area contributed by atoms with Crippen molar-refractivity contribution < 1.29 is 4.39 Å². The monoisotopic (exact) mass is 308 g/mol. The van der Waals surface area contributed by atoms with Gasteiger partial charge in [-0.25, -0.2) is 4.39 Å². The van der Waals surface area contributed by atoms with Gasteiger partial charge in [0.2, 0.25) is 0 Å². The van der Waals surface area contributed by atoms with E-state index in [1.54, 1.807) is 12.1 Å². The van der Waals surface area contributed by atoms with Crippen LogP contribution in [0.3, 0.4) is 0 Å². The van der Waals surface area contributed by atoms with E-state index in [9.17, 15) is 4.39 Å². The zero-order chi connectivity index (χ0) is 14.5. The number of nitrogens with one attached hydrogen (secondary N) is 2. The summed E-state index contributed by atoms with van der Waals surface area (Å²) in [6, 6.07) is 12.6. The topological polar surface area (TPSA) is 24.1 Å². The molecule has 0 spiro atoms. The maximum Gasteiger partial charge on any atom is 0.175 e. The molecule has 2 aromatic rings. The minimum atomic E-state index is -0.514. The smallest absolute Gasteiger partial charge is 0.175 e. The fraction of sp³-hybridized carbons (Fsp3) is 0.133. The van der Waals surface area contributed by atoms with Crippen LogP contribution >= 0.6 is 23.8 Å². The SMILES string of the molecule is CCc1ccc(NC(=S)Nc2cccc(Cl)c2F)cc1. The van der Waals surface area contributed by atoms with E-state index < -0.39 is 5.82 Å². The zero-order valence-corrected chi connectivity index (χ0v) is 12.5. The highest BCUT2D eigenvalue weighted by atomic mass is 35.5. The number of hydrogen-bond donors (Lipinski definition) is 2. The van der Waals surface area contributed by atoms with E-state index in [-0.39, 0.29) is 10.7 Å². The largest absolute Gasteiger partial charge is 0.332 e. The Kier molecular flexibility index (Phi) is 4.93. The molecule has 0 fully saturated rings. The van der Waals surface area contributed by atoms with Gasteiger partial charge in [-0.1, -0.05) is 36.7 Å². The minimum Gasteiger partial charge on any atom is -0.332 e. The number of halogens is 2. The van der Waals surface area contributed by atoms with Crippen molar-refractivity contribution in [1.29, 1.82) is 0 Å². The maximum absolute atomic E-state index is 13.7. The standard InChI is InChI=1S/C15H14ClFN2S/c1-2-10-6-8-11(9-7-10)18-15(20)19-13-5-3-4-12(16)14(13)17/h3-9H,2H2,1H3,(H2,18,19,20). The second kappa shape index (κ2) is 6.68. The summed E-state index contributed by atoms with van der Waals surface area (Å²) in [7, 11) is 0. The molecule has 0 aromatic heterocycles. The molecule has 0 aliphatic carbocycles. The number of hydrogen-bond acceptors (Lipinski definition) is 1. The molecule has 0 radical (unpaired) electrons. The lowest BCUT2D eigenvalue weighted by molar-refractivity contribution is 0.632. The van der Waals surface area contributed by atoms with E-state index in [1.165, 1.54) is 11.6 Å². The van der Waals surface area contributed by atoms with Gasteiger partial charge in [0, 0.05) is 5.69 Å². The highest BCUT2D eigenvalue weighted by Crippen LogP contribution is 2.22. The molecule has 2 N–H and O–H groups in total. The Morgan fingerprint density at radius 2 is 1.85 bits per heavy atom. The van der Waals surface area contributed by atoms with Crippen LogP contribution in [0.15, 0.2) is 42.5 Å². The molecule has 0 unspecified atom stereocenters. The van der Waals surface area contributed by atoms with Crippen LogP contribution in [0.2, 0.25) is 5.02 Å². The van der Waals surface area contributed by atoms with Gasteiger partial charge in [0.05, 0.1) is 10.7 Å². The third-order valence-corrected chi connectivity index (χ3v) is 3.32. The summed E-state index contributed by atoms with van der Waals surface area (Å²) < 4.78 is 13.7. The zero-order valence-electron chi connectivity index (χ0n) is 10.9. The average Bonchev–Trinajstić information content (AvgIpc) is 2.45. The molecule has 0 heterocycles. The lowest BCUT2D eigenvalue weighted by Gasteiger charge is -2.12. The number of aryl methyl sites for hydroxylation is 1. The van der Waals surface area contributed by atoms with Gasteiger partial charge >= 0.3 is 0 Å². The van der Waals surface area contributed by atoms with Crippen LogP contribution in [-0.4, -0.2) is 5.11 Å². The fourth-order valence-corrected chi connectivity index (χ4v) is 2.11. The summed E-state index contributed by atoms with van der Waals surface area (Å²) in [5.41, 5.74) is 2.35. The minimum absolute atomic E-state index is 0.0603. The van der Waals surface area contributed by atoms with Crippen molar-refractivity contribution >= 4 is 40.3 Å². The van der Waals surface area contributed by atoms with Crippen molar-refractivity contribution in [3.05, 3.63) is 58.9 Å². The van der Waals surface area contributed by atoms with Crippen molar-refractivity contribution in [2.75, 3.05) is 10.6 Å². The van der Waals surface area contributed by atoms with Gasteiger partial charge in [-0.15, -0.1) is 0 Å². The first-order valence-electron chi connectivity index (χ1n) is 6.21. The molecule has 0 aliphatic heterocycles. The Bertz CT molecular complexity index is 614. The summed E-state index contributed by atoms with van der Waals surface area (Å²) in [4.78, 5) is 0. The molecule has 0 amide bonds.